The standard InChI is InChI=1S/C21H20N2O3/c1-26-21(25)18-5-2-4-16(13-18)14-23-20(24)10-8-15-7-9-19-17(12-15)6-3-11-22-19/h2-7,9,11-13H,8,10,14H2,1H3,(H,23,24). The molecule has 26 heavy (non-hydrogen) atoms. The summed E-state index contributed by atoms with van der Waals surface area (Å²) >= 11 is 0. The van der Waals surface area contributed by atoms with Gasteiger partial charge in [0, 0.05) is 24.5 Å². The predicted molar refractivity (Wildman–Crippen MR) is 99.7 cm³/mol. The van der Waals surface area contributed by atoms with Crippen LogP contribution in [0.4, 0.5) is 0 Å². The number of nitrogens with zero attached hydrogens (tertiary/aromatic N) is 1. The van der Waals surface area contributed by atoms with Crippen molar-refractivity contribution in [1.82, 2.24) is 10.3 Å². The Morgan fingerprint density at radius 1 is 1.04 bits per heavy atom. The van der Waals surface area contributed by atoms with Crippen molar-refractivity contribution in [3.8, 4) is 0 Å². The van der Waals surface area contributed by atoms with E-state index in [4.69, 9.17) is 4.74 Å². The number of aromatic nitrogens is 1. The molecule has 0 atom stereocenters. The Morgan fingerprint density at radius 2 is 1.92 bits per heavy atom. The fourth-order valence-corrected chi connectivity index (χ4v) is 2.75. The van der Waals surface area contributed by atoms with Crippen LogP contribution >= 0.6 is 0 Å². The summed E-state index contributed by atoms with van der Waals surface area (Å²) in [5.74, 6) is -0.413. The van der Waals surface area contributed by atoms with Gasteiger partial charge < -0.3 is 10.1 Å². The highest BCUT2D eigenvalue weighted by atomic mass is 16.5. The normalized spacial score (nSPS) is 10.5. The molecule has 3 aromatic rings. The molecule has 132 valence electrons. The van der Waals surface area contributed by atoms with Gasteiger partial charge in [-0.15, -0.1) is 0 Å². The Hall–Kier alpha value is -3.21. The lowest BCUT2D eigenvalue weighted by Gasteiger charge is -2.07. The van der Waals surface area contributed by atoms with Gasteiger partial charge in [-0.25, -0.2) is 4.79 Å². The molecule has 0 aliphatic heterocycles. The van der Waals surface area contributed by atoms with Crippen molar-refractivity contribution in [2.24, 2.45) is 0 Å². The number of nitrogens with one attached hydrogen (secondary N) is 1. The first kappa shape index (κ1) is 17.6. The van der Waals surface area contributed by atoms with E-state index in [1.54, 1.807) is 24.4 Å². The third-order valence-electron chi connectivity index (χ3n) is 4.15. The molecule has 0 fully saturated rings. The van der Waals surface area contributed by atoms with Gasteiger partial charge in [-0.05, 0) is 47.9 Å². The lowest BCUT2D eigenvalue weighted by atomic mass is 10.1. The van der Waals surface area contributed by atoms with Gasteiger partial charge in [0.1, 0.15) is 0 Å². The second-order valence-corrected chi connectivity index (χ2v) is 6.00. The molecule has 0 radical (unpaired) electrons. The van der Waals surface area contributed by atoms with E-state index in [1.807, 2.05) is 30.3 Å². The van der Waals surface area contributed by atoms with E-state index < -0.39 is 0 Å². The Morgan fingerprint density at radius 3 is 2.77 bits per heavy atom. The SMILES string of the molecule is COC(=O)c1cccc(CNC(=O)CCc2ccc3ncccc3c2)c1. The van der Waals surface area contributed by atoms with Gasteiger partial charge >= 0.3 is 5.97 Å². The van der Waals surface area contributed by atoms with Crippen LogP contribution in [0.25, 0.3) is 10.9 Å². The van der Waals surface area contributed by atoms with Crippen LogP contribution in [0, 0.1) is 0 Å². The summed E-state index contributed by atoms with van der Waals surface area (Å²) in [6.45, 7) is 0.380. The number of aryl methyl sites for hydroxylation is 1. The second-order valence-electron chi connectivity index (χ2n) is 6.00. The van der Waals surface area contributed by atoms with Gasteiger partial charge in [0.25, 0.3) is 0 Å². The molecule has 1 aromatic heterocycles. The number of pyridine rings is 1. The van der Waals surface area contributed by atoms with E-state index >= 15 is 0 Å². The lowest BCUT2D eigenvalue weighted by Crippen LogP contribution is -2.23. The Labute approximate surface area is 152 Å². The quantitative estimate of drug-likeness (QED) is 0.694. The van der Waals surface area contributed by atoms with Gasteiger partial charge in [-0.2, -0.15) is 0 Å². The molecule has 1 amide bonds. The van der Waals surface area contributed by atoms with Crippen LogP contribution in [0.3, 0.4) is 0 Å². The predicted octanol–water partition coefficient (Wildman–Crippen LogP) is 3.27. The average molecular weight is 348 g/mol. The van der Waals surface area contributed by atoms with E-state index in [1.165, 1.54) is 7.11 Å². The highest BCUT2D eigenvalue weighted by Crippen LogP contribution is 2.14. The Kier molecular flexibility index (Phi) is 5.59. The molecule has 5 nitrogen and oxygen atoms in total. The maximum Gasteiger partial charge on any atom is 0.337 e. The van der Waals surface area contributed by atoms with Crippen LogP contribution in [-0.2, 0) is 22.5 Å². The van der Waals surface area contributed by atoms with E-state index in [0.717, 1.165) is 22.0 Å². The highest BCUT2D eigenvalue weighted by Gasteiger charge is 2.07. The molecule has 0 saturated carbocycles. The number of carbonyl (C=O) groups excluding carboxylic acids is 2. The number of esters is 1. The molecule has 0 spiro atoms. The van der Waals surface area contributed by atoms with E-state index in [2.05, 4.69) is 16.4 Å². The summed E-state index contributed by atoms with van der Waals surface area (Å²) in [6.07, 6.45) is 2.84. The number of fused-ring (bicyclic) bond motifs is 1. The van der Waals surface area contributed by atoms with Crippen molar-refractivity contribution in [1.29, 1.82) is 0 Å². The van der Waals surface area contributed by atoms with Crippen molar-refractivity contribution in [2.75, 3.05) is 7.11 Å². The molecule has 5 heteroatoms. The minimum atomic E-state index is -0.385. The highest BCUT2D eigenvalue weighted by molar-refractivity contribution is 5.89. The Bertz CT molecular complexity index is 937. The van der Waals surface area contributed by atoms with Crippen LogP contribution < -0.4 is 5.32 Å². The molecule has 0 bridgehead atoms. The van der Waals surface area contributed by atoms with E-state index in [-0.39, 0.29) is 11.9 Å². The molecular formula is C21H20N2O3. The van der Waals surface area contributed by atoms with Gasteiger partial charge in [0.15, 0.2) is 0 Å². The monoisotopic (exact) mass is 348 g/mol. The topological polar surface area (TPSA) is 68.3 Å². The molecule has 0 unspecified atom stereocenters. The molecular weight excluding hydrogens is 328 g/mol. The van der Waals surface area contributed by atoms with Crippen LogP contribution in [0.1, 0.15) is 27.9 Å². The number of hydrogen-bond donors (Lipinski definition) is 1. The first-order valence-electron chi connectivity index (χ1n) is 8.43. The van der Waals surface area contributed by atoms with E-state index in [0.29, 0.717) is 24.9 Å². The molecule has 1 N–H and O–H groups in total. The fourth-order valence-electron chi connectivity index (χ4n) is 2.75. The molecule has 0 aliphatic rings. The van der Waals surface area contributed by atoms with Gasteiger partial charge in [-0.3, -0.25) is 9.78 Å². The van der Waals surface area contributed by atoms with Crippen LogP contribution in [0.2, 0.25) is 0 Å². The van der Waals surface area contributed by atoms with Crippen molar-refractivity contribution >= 4 is 22.8 Å². The minimum Gasteiger partial charge on any atom is -0.465 e. The van der Waals surface area contributed by atoms with Crippen LogP contribution in [0.15, 0.2) is 60.8 Å². The average Bonchev–Trinajstić information content (AvgIpc) is 2.70. The van der Waals surface area contributed by atoms with Gasteiger partial charge in [0.05, 0.1) is 18.2 Å². The zero-order valence-electron chi connectivity index (χ0n) is 14.6. The number of rotatable bonds is 6. The first-order chi connectivity index (χ1) is 12.7. The van der Waals surface area contributed by atoms with Gasteiger partial charge in [0.2, 0.25) is 5.91 Å². The molecule has 1 heterocycles. The van der Waals surface area contributed by atoms with Crippen molar-refractivity contribution in [2.45, 2.75) is 19.4 Å². The number of amides is 1. The summed E-state index contributed by atoms with van der Waals surface area (Å²) in [6, 6.07) is 17.0. The zero-order valence-corrected chi connectivity index (χ0v) is 14.6. The summed E-state index contributed by atoms with van der Waals surface area (Å²) in [5.41, 5.74) is 3.39. The number of carbonyl (C=O) groups is 2. The second kappa shape index (κ2) is 8.25. The maximum absolute atomic E-state index is 12.1. The zero-order chi connectivity index (χ0) is 18.4. The fraction of sp³-hybridized carbons (Fsp3) is 0.190. The lowest BCUT2D eigenvalue weighted by molar-refractivity contribution is -0.121. The molecule has 3 rings (SSSR count). The summed E-state index contributed by atoms with van der Waals surface area (Å²) in [4.78, 5) is 27.9. The molecule has 2 aromatic carbocycles. The van der Waals surface area contributed by atoms with Crippen molar-refractivity contribution in [3.05, 3.63) is 77.5 Å². The van der Waals surface area contributed by atoms with E-state index in [9.17, 15) is 9.59 Å². The number of hydrogen-bond acceptors (Lipinski definition) is 4. The van der Waals surface area contributed by atoms with Crippen molar-refractivity contribution < 1.29 is 14.3 Å². The third-order valence-corrected chi connectivity index (χ3v) is 4.15. The summed E-state index contributed by atoms with van der Waals surface area (Å²) in [7, 11) is 1.35. The third kappa shape index (κ3) is 4.45. The number of benzene rings is 2. The van der Waals surface area contributed by atoms with Crippen molar-refractivity contribution in [3.63, 3.8) is 0 Å². The minimum absolute atomic E-state index is 0.0280. The van der Waals surface area contributed by atoms with Crippen LogP contribution in [0.5, 0.6) is 0 Å². The Balaban J connectivity index is 1.53. The first-order valence-corrected chi connectivity index (χ1v) is 8.43. The summed E-state index contributed by atoms with van der Waals surface area (Å²) in [5, 5.41) is 3.96. The van der Waals surface area contributed by atoms with Crippen LogP contribution in [-0.4, -0.2) is 24.0 Å². The molecule has 0 saturated heterocycles. The molecule has 0 aliphatic carbocycles. The summed E-state index contributed by atoms with van der Waals surface area (Å²) < 4.78 is 4.70. The number of ether oxygens (including phenoxy) is 1. The largest absolute Gasteiger partial charge is 0.465 e. The number of methoxy groups -OCH3 is 1. The smallest absolute Gasteiger partial charge is 0.337 e. The maximum atomic E-state index is 12.1. The van der Waals surface area contributed by atoms with Gasteiger partial charge in [-0.1, -0.05) is 24.3 Å².